The second kappa shape index (κ2) is 8.59. The second-order valence-electron chi connectivity index (χ2n) is 8.86. The highest BCUT2D eigenvalue weighted by Gasteiger charge is 2.23. The first-order valence-electron chi connectivity index (χ1n) is 11.8. The summed E-state index contributed by atoms with van der Waals surface area (Å²) in [4.78, 5) is 27.2. The summed E-state index contributed by atoms with van der Waals surface area (Å²) in [7, 11) is 0. The highest BCUT2D eigenvalue weighted by Crippen LogP contribution is 2.24. The Morgan fingerprint density at radius 2 is 1.76 bits per heavy atom. The van der Waals surface area contributed by atoms with E-state index in [2.05, 4.69) is 39.8 Å². The van der Waals surface area contributed by atoms with E-state index >= 15 is 0 Å². The van der Waals surface area contributed by atoms with Crippen molar-refractivity contribution in [1.82, 2.24) is 28.9 Å². The van der Waals surface area contributed by atoms with E-state index in [-0.39, 0.29) is 5.56 Å². The van der Waals surface area contributed by atoms with Crippen LogP contribution in [-0.2, 0) is 0 Å². The third-order valence-corrected chi connectivity index (χ3v) is 6.82. The Balaban J connectivity index is 1.43. The minimum Gasteiger partial charge on any atom is -0.370 e. The quantitative estimate of drug-likeness (QED) is 0.469. The number of rotatable bonds is 5. The van der Waals surface area contributed by atoms with E-state index in [4.69, 9.17) is 4.98 Å². The molecule has 0 aromatic carbocycles. The van der Waals surface area contributed by atoms with Crippen LogP contribution in [0.5, 0.6) is 0 Å². The van der Waals surface area contributed by atoms with Crippen LogP contribution in [0.4, 0.5) is 5.69 Å². The summed E-state index contributed by atoms with van der Waals surface area (Å²) < 4.78 is 3.45. The minimum absolute atomic E-state index is 0.0991. The van der Waals surface area contributed by atoms with Crippen LogP contribution in [0.2, 0.25) is 0 Å². The van der Waals surface area contributed by atoms with Gasteiger partial charge in [0, 0.05) is 31.4 Å². The van der Waals surface area contributed by atoms with Crippen molar-refractivity contribution < 1.29 is 0 Å². The topological polar surface area (TPSA) is 71.0 Å². The van der Waals surface area contributed by atoms with Crippen LogP contribution in [-0.4, -0.2) is 61.1 Å². The fourth-order valence-electron chi connectivity index (χ4n) is 5.05. The molecule has 0 bridgehead atoms. The van der Waals surface area contributed by atoms with Crippen molar-refractivity contribution in [1.29, 1.82) is 0 Å². The van der Waals surface area contributed by atoms with Crippen LogP contribution in [0.3, 0.4) is 0 Å². The Kier molecular flexibility index (Phi) is 5.62. The molecule has 0 spiro atoms. The van der Waals surface area contributed by atoms with Crippen molar-refractivity contribution in [3.8, 4) is 11.4 Å². The Bertz CT molecular complexity index is 1360. The maximum Gasteiger partial charge on any atom is 0.258 e. The molecule has 1 aliphatic rings. The molecule has 0 amide bonds. The van der Waals surface area contributed by atoms with E-state index in [0.29, 0.717) is 23.1 Å². The first-order chi connectivity index (χ1) is 16.0. The molecule has 1 saturated heterocycles. The van der Waals surface area contributed by atoms with Crippen molar-refractivity contribution in [3.63, 3.8) is 0 Å². The SMILES string of the molecule is CCN(CC)C1CCN(c2ccc3nc(-c4cc5c(C)nc(C)cn5n4)cc(=O)n3c2)CC1. The van der Waals surface area contributed by atoms with Gasteiger partial charge < -0.3 is 9.80 Å². The van der Waals surface area contributed by atoms with Crippen LogP contribution in [0.15, 0.2) is 41.5 Å². The lowest BCUT2D eigenvalue weighted by Gasteiger charge is -2.38. The highest BCUT2D eigenvalue weighted by atomic mass is 16.1. The van der Waals surface area contributed by atoms with Crippen LogP contribution >= 0.6 is 0 Å². The van der Waals surface area contributed by atoms with Gasteiger partial charge in [-0.1, -0.05) is 13.8 Å². The Hall–Kier alpha value is -3.26. The zero-order valence-corrected chi connectivity index (χ0v) is 19.8. The molecule has 8 nitrogen and oxygen atoms in total. The van der Waals surface area contributed by atoms with Crippen molar-refractivity contribution >= 4 is 16.9 Å². The molecule has 5 rings (SSSR count). The van der Waals surface area contributed by atoms with Gasteiger partial charge in [0.05, 0.1) is 34.5 Å². The molecule has 1 aliphatic heterocycles. The summed E-state index contributed by atoms with van der Waals surface area (Å²) in [5.74, 6) is 0. The van der Waals surface area contributed by atoms with Crippen LogP contribution in [0.25, 0.3) is 22.6 Å². The molecule has 5 heterocycles. The van der Waals surface area contributed by atoms with Crippen molar-refractivity contribution in [2.45, 2.75) is 46.6 Å². The van der Waals surface area contributed by atoms with Crippen molar-refractivity contribution in [2.75, 3.05) is 31.1 Å². The van der Waals surface area contributed by atoms with E-state index in [1.165, 1.54) is 0 Å². The van der Waals surface area contributed by atoms with Gasteiger partial charge in [0.1, 0.15) is 11.3 Å². The zero-order chi connectivity index (χ0) is 23.1. The molecule has 0 radical (unpaired) electrons. The Morgan fingerprint density at radius 1 is 1.00 bits per heavy atom. The third-order valence-electron chi connectivity index (χ3n) is 6.82. The zero-order valence-electron chi connectivity index (χ0n) is 19.8. The predicted octanol–water partition coefficient (Wildman–Crippen LogP) is 3.33. The first-order valence-corrected chi connectivity index (χ1v) is 11.8. The van der Waals surface area contributed by atoms with E-state index in [0.717, 1.165) is 61.6 Å². The number of hydrogen-bond donors (Lipinski definition) is 0. The summed E-state index contributed by atoms with van der Waals surface area (Å²) in [5.41, 5.74) is 5.57. The number of hydrogen-bond acceptors (Lipinski definition) is 6. The first kappa shape index (κ1) is 21.6. The Morgan fingerprint density at radius 3 is 2.48 bits per heavy atom. The number of piperidine rings is 1. The maximum absolute atomic E-state index is 13.0. The summed E-state index contributed by atoms with van der Waals surface area (Å²) in [6.45, 7) is 12.6. The monoisotopic (exact) mass is 445 g/mol. The molecular weight excluding hydrogens is 414 g/mol. The average Bonchev–Trinajstić information content (AvgIpc) is 3.25. The molecule has 0 aliphatic carbocycles. The third kappa shape index (κ3) is 3.99. The van der Waals surface area contributed by atoms with Crippen molar-refractivity contribution in [3.05, 3.63) is 58.4 Å². The van der Waals surface area contributed by atoms with Crippen LogP contribution in [0, 0.1) is 13.8 Å². The number of aromatic nitrogens is 5. The average molecular weight is 446 g/mol. The van der Waals surface area contributed by atoms with Gasteiger partial charge in [-0.05, 0) is 58.0 Å². The summed E-state index contributed by atoms with van der Waals surface area (Å²) >= 11 is 0. The van der Waals surface area contributed by atoms with Gasteiger partial charge in [-0.15, -0.1) is 0 Å². The molecule has 4 aromatic heterocycles. The summed E-state index contributed by atoms with van der Waals surface area (Å²) in [6, 6.07) is 8.17. The molecule has 0 atom stereocenters. The molecule has 33 heavy (non-hydrogen) atoms. The van der Waals surface area contributed by atoms with Crippen LogP contribution < -0.4 is 10.5 Å². The largest absolute Gasteiger partial charge is 0.370 e. The van der Waals surface area contributed by atoms with Crippen LogP contribution in [0.1, 0.15) is 38.1 Å². The van der Waals surface area contributed by atoms with Gasteiger partial charge in [0.25, 0.3) is 5.56 Å². The van der Waals surface area contributed by atoms with E-state index in [1.807, 2.05) is 38.4 Å². The normalized spacial score (nSPS) is 15.2. The molecule has 0 unspecified atom stereocenters. The summed E-state index contributed by atoms with van der Waals surface area (Å²) in [6.07, 6.45) is 6.10. The molecule has 4 aromatic rings. The Labute approximate surface area is 193 Å². The molecule has 172 valence electrons. The maximum atomic E-state index is 13.0. The standard InChI is InChI=1S/C25H31N7O/c1-5-29(6-2)19-9-11-30(12-10-19)20-7-8-24-27-21(14-25(33)31(24)16-20)22-13-23-18(4)26-17(3)15-32(23)28-22/h7-8,13-16,19H,5-6,9-12H2,1-4H3. The number of aryl methyl sites for hydroxylation is 2. The van der Waals surface area contributed by atoms with E-state index in [1.54, 1.807) is 15.0 Å². The van der Waals surface area contributed by atoms with Gasteiger partial charge in [-0.2, -0.15) is 5.10 Å². The molecule has 0 N–H and O–H groups in total. The smallest absolute Gasteiger partial charge is 0.258 e. The predicted molar refractivity (Wildman–Crippen MR) is 131 cm³/mol. The van der Waals surface area contributed by atoms with Gasteiger partial charge in [-0.3, -0.25) is 14.2 Å². The lowest BCUT2D eigenvalue weighted by atomic mass is 10.0. The number of fused-ring (bicyclic) bond motifs is 2. The minimum atomic E-state index is -0.0991. The number of anilines is 1. The fraction of sp³-hybridized carbons (Fsp3) is 0.440. The van der Waals surface area contributed by atoms with Gasteiger partial charge in [0.2, 0.25) is 0 Å². The van der Waals surface area contributed by atoms with E-state index in [9.17, 15) is 4.79 Å². The fourth-order valence-corrected chi connectivity index (χ4v) is 5.05. The number of pyridine rings is 1. The van der Waals surface area contributed by atoms with Gasteiger partial charge in [0.15, 0.2) is 0 Å². The van der Waals surface area contributed by atoms with Gasteiger partial charge in [-0.25, -0.2) is 9.50 Å². The molecule has 0 saturated carbocycles. The highest BCUT2D eigenvalue weighted by molar-refractivity contribution is 5.66. The lowest BCUT2D eigenvalue weighted by Crippen LogP contribution is -2.45. The van der Waals surface area contributed by atoms with E-state index < -0.39 is 0 Å². The molecule has 8 heteroatoms. The summed E-state index contributed by atoms with van der Waals surface area (Å²) in [5, 5.41) is 4.63. The molecule has 1 fully saturated rings. The van der Waals surface area contributed by atoms with Gasteiger partial charge >= 0.3 is 0 Å². The lowest BCUT2D eigenvalue weighted by molar-refractivity contribution is 0.186. The molecular formula is C25H31N7O. The number of nitrogens with zero attached hydrogens (tertiary/aromatic N) is 7. The van der Waals surface area contributed by atoms with Crippen molar-refractivity contribution in [2.24, 2.45) is 0 Å². The second-order valence-corrected chi connectivity index (χ2v) is 8.86.